The summed E-state index contributed by atoms with van der Waals surface area (Å²) in [5.41, 5.74) is 7.49. The molecule has 0 unspecified atom stereocenters. The first-order valence-corrected chi connectivity index (χ1v) is 18.8. The van der Waals surface area contributed by atoms with E-state index in [1.807, 2.05) is 18.2 Å². The van der Waals surface area contributed by atoms with E-state index in [-0.39, 0.29) is 0 Å². The van der Waals surface area contributed by atoms with Crippen molar-refractivity contribution in [2.75, 3.05) is 0 Å². The van der Waals surface area contributed by atoms with Crippen LogP contribution in [0, 0.1) is 0 Å². The molecule has 3 aromatic heterocycles. The Kier molecular flexibility index (Phi) is 6.56. The summed E-state index contributed by atoms with van der Waals surface area (Å²) >= 11 is 0. The molecule has 12 aromatic rings. The molecule has 56 heavy (non-hydrogen) atoms. The molecular weight excluding hydrogens is 685 g/mol. The molecule has 5 nitrogen and oxygen atoms in total. The second-order valence-corrected chi connectivity index (χ2v) is 14.5. The number of nitrogens with zero attached hydrogens (tertiary/aromatic N) is 4. The number of para-hydroxylation sites is 1. The van der Waals surface area contributed by atoms with Gasteiger partial charge in [0.25, 0.3) is 0 Å². The molecule has 260 valence electrons. The normalized spacial score (nSPS) is 11.9. The van der Waals surface area contributed by atoms with Gasteiger partial charge in [-0.05, 0) is 80.8 Å². The van der Waals surface area contributed by atoms with Crippen LogP contribution in [-0.2, 0) is 0 Å². The number of hydrogen-bond donors (Lipinski definition) is 0. The van der Waals surface area contributed by atoms with Crippen LogP contribution in [0.3, 0.4) is 0 Å². The largest absolute Gasteiger partial charge is 0.454 e. The molecule has 0 saturated carbocycles. The van der Waals surface area contributed by atoms with Crippen molar-refractivity contribution in [3.05, 3.63) is 182 Å². The Morgan fingerprint density at radius 2 is 0.911 bits per heavy atom. The molecular formula is C51H30N4O. The van der Waals surface area contributed by atoms with E-state index < -0.39 is 0 Å². The van der Waals surface area contributed by atoms with Gasteiger partial charge in [0.2, 0.25) is 0 Å². The van der Waals surface area contributed by atoms with Crippen molar-refractivity contribution in [1.82, 2.24) is 19.5 Å². The molecule has 0 bridgehead atoms. The lowest BCUT2D eigenvalue weighted by Crippen LogP contribution is -2.01. The molecule has 0 fully saturated rings. The lowest BCUT2D eigenvalue weighted by Gasteiger charge is -2.13. The van der Waals surface area contributed by atoms with Crippen LogP contribution >= 0.6 is 0 Å². The first kappa shape index (κ1) is 30.8. The molecule has 0 atom stereocenters. The maximum Gasteiger partial charge on any atom is 0.164 e. The van der Waals surface area contributed by atoms with Crippen LogP contribution in [0.15, 0.2) is 186 Å². The van der Waals surface area contributed by atoms with E-state index in [0.717, 1.165) is 71.5 Å². The van der Waals surface area contributed by atoms with E-state index in [2.05, 4.69) is 168 Å². The van der Waals surface area contributed by atoms with E-state index in [4.69, 9.17) is 19.4 Å². The van der Waals surface area contributed by atoms with E-state index in [9.17, 15) is 0 Å². The van der Waals surface area contributed by atoms with Gasteiger partial charge in [-0.1, -0.05) is 133 Å². The van der Waals surface area contributed by atoms with Crippen LogP contribution in [0.4, 0.5) is 0 Å². The van der Waals surface area contributed by atoms with Crippen LogP contribution < -0.4 is 0 Å². The molecule has 0 radical (unpaired) electrons. The van der Waals surface area contributed by atoms with Gasteiger partial charge in [0.05, 0.1) is 16.7 Å². The number of fused-ring (bicyclic) bond motifs is 9. The van der Waals surface area contributed by atoms with Gasteiger partial charge >= 0.3 is 0 Å². The zero-order chi connectivity index (χ0) is 36.7. The van der Waals surface area contributed by atoms with Crippen molar-refractivity contribution in [3.8, 4) is 39.9 Å². The highest BCUT2D eigenvalue weighted by Crippen LogP contribution is 2.42. The predicted octanol–water partition coefficient (Wildman–Crippen LogP) is 13.3. The Morgan fingerprint density at radius 3 is 1.66 bits per heavy atom. The second-order valence-electron chi connectivity index (χ2n) is 14.5. The van der Waals surface area contributed by atoms with Gasteiger partial charge in [0, 0.05) is 38.2 Å². The highest BCUT2D eigenvalue weighted by atomic mass is 16.3. The van der Waals surface area contributed by atoms with Crippen LogP contribution in [0.5, 0.6) is 0 Å². The molecule has 3 heterocycles. The molecule has 0 N–H and O–H groups in total. The van der Waals surface area contributed by atoms with Gasteiger partial charge in [-0.15, -0.1) is 0 Å². The molecule has 0 saturated heterocycles. The van der Waals surface area contributed by atoms with Crippen molar-refractivity contribution in [2.24, 2.45) is 0 Å². The monoisotopic (exact) mass is 714 g/mol. The summed E-state index contributed by atoms with van der Waals surface area (Å²) in [6.07, 6.45) is 0. The van der Waals surface area contributed by atoms with E-state index in [1.54, 1.807) is 0 Å². The van der Waals surface area contributed by atoms with E-state index in [0.29, 0.717) is 17.5 Å². The van der Waals surface area contributed by atoms with Gasteiger partial charge < -0.3 is 8.98 Å². The lowest BCUT2D eigenvalue weighted by atomic mass is 10.0. The molecule has 0 aliphatic carbocycles. The SMILES string of the molecule is c1ccc(-c2nc(-c3ccc4ccccc4c3)nc(-c3cc(-n4c5ccccc5c5cc6ccccc6cc54)c4oc5cc6ccccc6cc5c4c3)n2)cc1. The maximum absolute atomic E-state index is 6.94. The minimum atomic E-state index is 0.589. The van der Waals surface area contributed by atoms with Gasteiger partial charge in [-0.2, -0.15) is 0 Å². The minimum Gasteiger partial charge on any atom is -0.454 e. The standard InChI is InChI=1S/C51H30N4O/c1-2-13-32(14-3-1)49-52-50(38-23-22-31-12-4-5-15-33(31)24-38)54-51(53-49)39-27-43-42-26-35-17-7-9-19-37(35)30-47(42)56-48(43)46(29-39)55-44-21-11-10-20-40(44)41-25-34-16-6-8-18-36(34)28-45(41)55/h1-30H. The smallest absolute Gasteiger partial charge is 0.164 e. The summed E-state index contributed by atoms with van der Waals surface area (Å²) in [5.74, 6) is 1.82. The van der Waals surface area contributed by atoms with Crippen molar-refractivity contribution < 1.29 is 4.42 Å². The summed E-state index contributed by atoms with van der Waals surface area (Å²) in [4.78, 5) is 15.5. The van der Waals surface area contributed by atoms with Crippen molar-refractivity contribution in [1.29, 1.82) is 0 Å². The van der Waals surface area contributed by atoms with Gasteiger partial charge in [-0.3, -0.25) is 0 Å². The molecule has 0 aliphatic heterocycles. The molecule has 12 rings (SSSR count). The number of rotatable bonds is 4. The van der Waals surface area contributed by atoms with Crippen LogP contribution in [-0.4, -0.2) is 19.5 Å². The molecule has 9 aromatic carbocycles. The fraction of sp³-hybridized carbons (Fsp3) is 0. The third kappa shape index (κ3) is 4.78. The topological polar surface area (TPSA) is 56.7 Å². The summed E-state index contributed by atoms with van der Waals surface area (Å²) in [5, 5.41) is 11.4. The van der Waals surface area contributed by atoms with Crippen molar-refractivity contribution in [3.63, 3.8) is 0 Å². The van der Waals surface area contributed by atoms with Crippen LogP contribution in [0.25, 0.3) is 116 Å². The van der Waals surface area contributed by atoms with Gasteiger partial charge in [-0.25, -0.2) is 15.0 Å². The number of furan rings is 1. The minimum absolute atomic E-state index is 0.589. The quantitative estimate of drug-likeness (QED) is 0.182. The summed E-state index contributed by atoms with van der Waals surface area (Å²) in [6.45, 7) is 0. The Balaban J connectivity index is 1.19. The molecule has 0 aliphatic rings. The van der Waals surface area contributed by atoms with E-state index >= 15 is 0 Å². The fourth-order valence-electron chi connectivity index (χ4n) is 8.43. The van der Waals surface area contributed by atoms with Crippen LogP contribution in [0.2, 0.25) is 0 Å². The predicted molar refractivity (Wildman–Crippen MR) is 230 cm³/mol. The zero-order valence-electron chi connectivity index (χ0n) is 30.0. The highest BCUT2D eigenvalue weighted by molar-refractivity contribution is 6.17. The van der Waals surface area contributed by atoms with Gasteiger partial charge in [0.15, 0.2) is 23.1 Å². The molecule has 0 amide bonds. The number of hydrogen-bond acceptors (Lipinski definition) is 4. The number of aromatic nitrogens is 4. The number of benzene rings is 9. The fourth-order valence-corrected chi connectivity index (χ4v) is 8.43. The van der Waals surface area contributed by atoms with E-state index in [1.165, 1.54) is 26.9 Å². The lowest BCUT2D eigenvalue weighted by molar-refractivity contribution is 0.667. The summed E-state index contributed by atoms with van der Waals surface area (Å²) in [7, 11) is 0. The first-order valence-electron chi connectivity index (χ1n) is 18.8. The Labute approximate surface area is 320 Å². The highest BCUT2D eigenvalue weighted by Gasteiger charge is 2.22. The molecule has 0 spiro atoms. The van der Waals surface area contributed by atoms with Crippen molar-refractivity contribution >= 4 is 76.1 Å². The average Bonchev–Trinajstić information content (AvgIpc) is 3.78. The second kappa shape index (κ2) is 11.9. The molecule has 5 heteroatoms. The summed E-state index contributed by atoms with van der Waals surface area (Å²) < 4.78 is 9.30. The first-order chi connectivity index (χ1) is 27.7. The maximum atomic E-state index is 6.94. The van der Waals surface area contributed by atoms with Crippen molar-refractivity contribution in [2.45, 2.75) is 0 Å². The Morgan fingerprint density at radius 1 is 0.339 bits per heavy atom. The van der Waals surface area contributed by atoms with Crippen LogP contribution in [0.1, 0.15) is 0 Å². The third-order valence-corrected chi connectivity index (χ3v) is 11.1. The summed E-state index contributed by atoms with van der Waals surface area (Å²) in [6, 6.07) is 64.0. The average molecular weight is 715 g/mol. The van der Waals surface area contributed by atoms with Gasteiger partial charge in [0.1, 0.15) is 5.58 Å². The third-order valence-electron chi connectivity index (χ3n) is 11.1. The Hall–Kier alpha value is -7.63. The Bertz CT molecular complexity index is 3540. The zero-order valence-corrected chi connectivity index (χ0v) is 30.0.